The highest BCUT2D eigenvalue weighted by atomic mass is 79.9. The Hall–Kier alpha value is -2.72. The molecule has 0 amide bonds. The Morgan fingerprint density at radius 2 is 2.26 bits per heavy atom. The first-order valence-corrected chi connectivity index (χ1v) is 7.49. The fraction of sp³-hybridized carbons (Fsp3) is 0.125. The van der Waals surface area contributed by atoms with Crippen LogP contribution < -0.4 is 5.56 Å². The standard InChI is InChI=1S/C16H10BrN3O3/c1-9-11(3-2-4-12(9)17)15-19-13-14(23-15)10(7-18)8-20(5-6-21)16(13)22/h2-4,6,8H,5H2,1H3. The lowest BCUT2D eigenvalue weighted by Crippen LogP contribution is -2.21. The van der Waals surface area contributed by atoms with Gasteiger partial charge in [-0.05, 0) is 24.6 Å². The summed E-state index contributed by atoms with van der Waals surface area (Å²) in [6.45, 7) is 1.76. The highest BCUT2D eigenvalue weighted by Crippen LogP contribution is 2.30. The zero-order chi connectivity index (χ0) is 16.6. The molecule has 0 fully saturated rings. The lowest BCUT2D eigenvalue weighted by molar-refractivity contribution is -0.108. The molecule has 2 aromatic heterocycles. The first-order chi connectivity index (χ1) is 11.1. The van der Waals surface area contributed by atoms with Crippen molar-refractivity contribution in [3.63, 3.8) is 0 Å². The van der Waals surface area contributed by atoms with Crippen molar-refractivity contribution in [2.24, 2.45) is 0 Å². The van der Waals surface area contributed by atoms with Crippen LogP contribution in [0.4, 0.5) is 0 Å². The quantitative estimate of drug-likeness (QED) is 0.660. The molecule has 0 saturated heterocycles. The van der Waals surface area contributed by atoms with Crippen molar-refractivity contribution in [1.29, 1.82) is 5.26 Å². The monoisotopic (exact) mass is 371 g/mol. The van der Waals surface area contributed by atoms with Gasteiger partial charge in [0.1, 0.15) is 17.9 Å². The Morgan fingerprint density at radius 3 is 2.96 bits per heavy atom. The maximum atomic E-state index is 12.3. The smallest absolute Gasteiger partial charge is 0.280 e. The van der Waals surface area contributed by atoms with Gasteiger partial charge in [0.2, 0.25) is 5.89 Å². The number of carbonyl (C=O) groups excluding carboxylic acids is 1. The third-order valence-electron chi connectivity index (χ3n) is 3.51. The second-order valence-corrected chi connectivity index (χ2v) is 5.74. The lowest BCUT2D eigenvalue weighted by Gasteiger charge is -2.02. The van der Waals surface area contributed by atoms with Crippen molar-refractivity contribution < 1.29 is 9.21 Å². The predicted molar refractivity (Wildman–Crippen MR) is 86.9 cm³/mol. The summed E-state index contributed by atoms with van der Waals surface area (Å²) in [4.78, 5) is 27.3. The summed E-state index contributed by atoms with van der Waals surface area (Å²) >= 11 is 3.44. The van der Waals surface area contributed by atoms with Gasteiger partial charge in [-0.2, -0.15) is 5.26 Å². The zero-order valence-corrected chi connectivity index (χ0v) is 13.6. The van der Waals surface area contributed by atoms with Crippen LogP contribution in [0.3, 0.4) is 0 Å². The number of benzene rings is 1. The minimum absolute atomic E-state index is 0.0419. The molecule has 0 aliphatic carbocycles. The third kappa shape index (κ3) is 2.47. The Labute approximate surface area is 139 Å². The molecular formula is C16H10BrN3O3. The molecule has 0 spiro atoms. The van der Waals surface area contributed by atoms with Gasteiger partial charge in [-0.25, -0.2) is 4.98 Å². The number of nitrogens with zero attached hydrogens (tertiary/aromatic N) is 3. The van der Waals surface area contributed by atoms with Crippen molar-refractivity contribution in [2.45, 2.75) is 13.5 Å². The van der Waals surface area contributed by atoms with E-state index in [9.17, 15) is 14.9 Å². The Balaban J connectivity index is 2.33. The van der Waals surface area contributed by atoms with Crippen molar-refractivity contribution in [3.8, 4) is 17.5 Å². The second kappa shape index (κ2) is 5.82. The van der Waals surface area contributed by atoms with E-state index in [4.69, 9.17) is 4.42 Å². The lowest BCUT2D eigenvalue weighted by atomic mass is 10.1. The summed E-state index contributed by atoms with van der Waals surface area (Å²) in [7, 11) is 0. The molecule has 23 heavy (non-hydrogen) atoms. The van der Waals surface area contributed by atoms with E-state index in [1.165, 1.54) is 6.20 Å². The van der Waals surface area contributed by atoms with E-state index in [0.29, 0.717) is 6.29 Å². The van der Waals surface area contributed by atoms with Gasteiger partial charge in [0.15, 0.2) is 11.1 Å². The van der Waals surface area contributed by atoms with E-state index in [0.717, 1.165) is 20.2 Å². The SMILES string of the molecule is Cc1c(Br)cccc1-c1nc2c(=O)n(CC=O)cc(C#N)c2o1. The number of halogens is 1. The van der Waals surface area contributed by atoms with Gasteiger partial charge in [-0.3, -0.25) is 4.79 Å². The maximum Gasteiger partial charge on any atom is 0.280 e. The number of rotatable bonds is 3. The highest BCUT2D eigenvalue weighted by molar-refractivity contribution is 9.10. The Bertz CT molecular complexity index is 1030. The minimum atomic E-state index is -0.464. The molecule has 2 heterocycles. The van der Waals surface area contributed by atoms with Crippen LogP contribution in [0.25, 0.3) is 22.6 Å². The molecule has 114 valence electrons. The van der Waals surface area contributed by atoms with E-state index in [-0.39, 0.29) is 29.1 Å². The zero-order valence-electron chi connectivity index (χ0n) is 12.0. The number of aromatic nitrogens is 2. The van der Waals surface area contributed by atoms with Gasteiger partial charge in [-0.1, -0.05) is 22.0 Å². The highest BCUT2D eigenvalue weighted by Gasteiger charge is 2.18. The molecule has 7 heteroatoms. The molecule has 0 bridgehead atoms. The van der Waals surface area contributed by atoms with E-state index in [2.05, 4.69) is 20.9 Å². The second-order valence-electron chi connectivity index (χ2n) is 4.89. The van der Waals surface area contributed by atoms with E-state index < -0.39 is 5.56 Å². The molecule has 0 radical (unpaired) electrons. The average molecular weight is 372 g/mol. The fourth-order valence-corrected chi connectivity index (χ4v) is 2.67. The van der Waals surface area contributed by atoms with Crippen molar-refractivity contribution >= 4 is 33.3 Å². The van der Waals surface area contributed by atoms with Gasteiger partial charge >= 0.3 is 0 Å². The normalized spacial score (nSPS) is 10.7. The van der Waals surface area contributed by atoms with Crippen LogP contribution in [0.2, 0.25) is 0 Å². The topological polar surface area (TPSA) is 88.9 Å². The third-order valence-corrected chi connectivity index (χ3v) is 4.37. The molecule has 0 atom stereocenters. The van der Waals surface area contributed by atoms with E-state index >= 15 is 0 Å². The molecule has 0 aliphatic rings. The fourth-order valence-electron chi connectivity index (χ4n) is 2.31. The predicted octanol–water partition coefficient (Wildman–Crippen LogP) is 2.80. The molecule has 6 nitrogen and oxygen atoms in total. The van der Waals surface area contributed by atoms with Crippen LogP contribution in [0.5, 0.6) is 0 Å². The van der Waals surface area contributed by atoms with Crippen LogP contribution in [0.1, 0.15) is 11.1 Å². The number of nitriles is 1. The molecule has 3 aromatic rings. The Kier molecular flexibility index (Phi) is 3.84. The minimum Gasteiger partial charge on any atom is -0.434 e. The average Bonchev–Trinajstić information content (AvgIpc) is 2.98. The molecule has 0 N–H and O–H groups in total. The number of carbonyl (C=O) groups is 1. The summed E-state index contributed by atoms with van der Waals surface area (Å²) in [5.74, 6) is 0.260. The first kappa shape index (κ1) is 15.2. The number of oxazole rings is 1. The number of fused-ring (bicyclic) bond motifs is 1. The van der Waals surface area contributed by atoms with Gasteiger partial charge in [0, 0.05) is 16.2 Å². The molecule has 3 rings (SSSR count). The Morgan fingerprint density at radius 1 is 1.48 bits per heavy atom. The number of pyridine rings is 1. The summed E-state index contributed by atoms with van der Waals surface area (Å²) in [6.07, 6.45) is 1.90. The van der Waals surface area contributed by atoms with Crippen molar-refractivity contribution in [1.82, 2.24) is 9.55 Å². The number of hydrogen-bond donors (Lipinski definition) is 0. The van der Waals surface area contributed by atoms with Gasteiger partial charge in [0.05, 0.1) is 6.54 Å². The molecule has 0 unspecified atom stereocenters. The van der Waals surface area contributed by atoms with E-state index in [1.54, 1.807) is 0 Å². The van der Waals surface area contributed by atoms with Crippen LogP contribution >= 0.6 is 15.9 Å². The molecule has 0 saturated carbocycles. The first-order valence-electron chi connectivity index (χ1n) is 6.70. The summed E-state index contributed by atoms with van der Waals surface area (Å²) in [5, 5.41) is 9.25. The summed E-state index contributed by atoms with van der Waals surface area (Å²) < 4.78 is 7.70. The summed E-state index contributed by atoms with van der Waals surface area (Å²) in [5.41, 5.74) is 1.50. The molecular weight excluding hydrogens is 362 g/mol. The van der Waals surface area contributed by atoms with Gasteiger partial charge in [0.25, 0.3) is 5.56 Å². The van der Waals surface area contributed by atoms with Crippen LogP contribution in [-0.2, 0) is 11.3 Å². The summed E-state index contributed by atoms with van der Waals surface area (Å²) in [6, 6.07) is 7.51. The number of aldehydes is 1. The van der Waals surface area contributed by atoms with Gasteiger partial charge < -0.3 is 13.8 Å². The van der Waals surface area contributed by atoms with E-state index in [1.807, 2.05) is 31.2 Å². The largest absolute Gasteiger partial charge is 0.434 e. The molecule has 0 aliphatic heterocycles. The van der Waals surface area contributed by atoms with Crippen LogP contribution in [0, 0.1) is 18.3 Å². The van der Waals surface area contributed by atoms with Crippen LogP contribution in [-0.4, -0.2) is 15.8 Å². The van der Waals surface area contributed by atoms with Crippen molar-refractivity contribution in [2.75, 3.05) is 0 Å². The molecule has 1 aromatic carbocycles. The maximum absolute atomic E-state index is 12.3. The van der Waals surface area contributed by atoms with Crippen LogP contribution in [0.15, 0.2) is 38.1 Å². The van der Waals surface area contributed by atoms with Gasteiger partial charge in [-0.15, -0.1) is 0 Å². The number of hydrogen-bond acceptors (Lipinski definition) is 5. The van der Waals surface area contributed by atoms with Crippen molar-refractivity contribution in [3.05, 3.63) is 50.3 Å².